The van der Waals surface area contributed by atoms with Gasteiger partial charge in [-0.25, -0.2) is 0 Å². The highest BCUT2D eigenvalue weighted by molar-refractivity contribution is 5.95. The molecule has 144 valence electrons. The fourth-order valence-electron chi connectivity index (χ4n) is 3.95. The summed E-state index contributed by atoms with van der Waals surface area (Å²) in [6.45, 7) is 3.91. The minimum atomic E-state index is -0.0954. The van der Waals surface area contributed by atoms with Crippen molar-refractivity contribution in [2.45, 2.75) is 25.8 Å². The van der Waals surface area contributed by atoms with E-state index in [1.807, 2.05) is 67.4 Å². The molecule has 2 aromatic carbocycles. The van der Waals surface area contributed by atoms with Gasteiger partial charge in [-0.1, -0.05) is 24.3 Å². The quantitative estimate of drug-likeness (QED) is 0.738. The van der Waals surface area contributed by atoms with E-state index in [2.05, 4.69) is 10.3 Å². The maximum Gasteiger partial charge on any atom is 0.256 e. The zero-order valence-corrected chi connectivity index (χ0v) is 16.3. The zero-order chi connectivity index (χ0) is 19.7. The van der Waals surface area contributed by atoms with Gasteiger partial charge in [-0.2, -0.15) is 0 Å². The summed E-state index contributed by atoms with van der Waals surface area (Å²) in [4.78, 5) is 30.1. The molecule has 1 amide bonds. The number of amides is 1. The first-order chi connectivity index (χ1) is 13.5. The number of nitrogens with one attached hydrogen (secondary N) is 2. The Morgan fingerprint density at radius 1 is 1.04 bits per heavy atom. The number of rotatable bonds is 3. The van der Waals surface area contributed by atoms with Gasteiger partial charge in [-0.05, 0) is 73.6 Å². The number of H-pyrrole nitrogens is 1. The SMILES string of the molecule is Cc1cccc2c(=O)[nH]c(-c3ccc(C(=O)N(C)C4CCNCC4)cc3)cc12. The Balaban J connectivity index is 1.61. The minimum absolute atomic E-state index is 0.0429. The van der Waals surface area contributed by atoms with Crippen LogP contribution in [0.2, 0.25) is 0 Å². The second-order valence-electron chi connectivity index (χ2n) is 7.52. The second-order valence-corrected chi connectivity index (χ2v) is 7.52. The largest absolute Gasteiger partial charge is 0.339 e. The molecule has 1 fully saturated rings. The fraction of sp³-hybridized carbons (Fsp3) is 0.304. The third kappa shape index (κ3) is 3.45. The van der Waals surface area contributed by atoms with Gasteiger partial charge >= 0.3 is 0 Å². The molecule has 1 aliphatic rings. The number of pyridine rings is 1. The molecule has 0 unspecified atom stereocenters. The second kappa shape index (κ2) is 7.60. The van der Waals surface area contributed by atoms with Gasteiger partial charge < -0.3 is 15.2 Å². The van der Waals surface area contributed by atoms with Crippen molar-refractivity contribution in [3.8, 4) is 11.3 Å². The van der Waals surface area contributed by atoms with Crippen molar-refractivity contribution in [3.05, 3.63) is 70.0 Å². The predicted molar refractivity (Wildman–Crippen MR) is 113 cm³/mol. The highest BCUT2D eigenvalue weighted by atomic mass is 16.2. The molecule has 5 heteroatoms. The molecule has 0 atom stereocenters. The highest BCUT2D eigenvalue weighted by Crippen LogP contribution is 2.23. The van der Waals surface area contributed by atoms with Gasteiger partial charge in [0.05, 0.1) is 0 Å². The van der Waals surface area contributed by atoms with Crippen LogP contribution in [0.1, 0.15) is 28.8 Å². The first-order valence-electron chi connectivity index (χ1n) is 9.75. The van der Waals surface area contributed by atoms with Crippen molar-refractivity contribution in [1.29, 1.82) is 0 Å². The molecule has 0 radical (unpaired) electrons. The van der Waals surface area contributed by atoms with E-state index in [0.717, 1.165) is 48.1 Å². The lowest BCUT2D eigenvalue weighted by molar-refractivity contribution is 0.0703. The Hall–Kier alpha value is -2.92. The summed E-state index contributed by atoms with van der Waals surface area (Å²) in [5, 5.41) is 4.97. The molecule has 2 heterocycles. The fourth-order valence-corrected chi connectivity index (χ4v) is 3.95. The lowest BCUT2D eigenvalue weighted by atomic mass is 10.0. The van der Waals surface area contributed by atoms with Crippen molar-refractivity contribution in [2.24, 2.45) is 0 Å². The van der Waals surface area contributed by atoms with E-state index < -0.39 is 0 Å². The summed E-state index contributed by atoms with van der Waals surface area (Å²) in [5.41, 5.74) is 3.30. The van der Waals surface area contributed by atoms with Crippen LogP contribution < -0.4 is 10.9 Å². The first-order valence-corrected chi connectivity index (χ1v) is 9.75. The molecule has 1 aliphatic heterocycles. The number of fused-ring (bicyclic) bond motifs is 1. The molecule has 28 heavy (non-hydrogen) atoms. The standard InChI is InChI=1S/C23H25N3O2/c1-15-4-3-5-19-20(15)14-21(25-22(19)27)16-6-8-17(9-7-16)23(28)26(2)18-10-12-24-13-11-18/h3-9,14,18,24H,10-13H2,1-2H3,(H,25,27). The van der Waals surface area contributed by atoms with E-state index in [4.69, 9.17) is 0 Å². The van der Waals surface area contributed by atoms with Crippen LogP contribution in [0.5, 0.6) is 0 Å². The number of piperidine rings is 1. The number of nitrogens with zero attached hydrogens (tertiary/aromatic N) is 1. The lowest BCUT2D eigenvalue weighted by Crippen LogP contribution is -2.43. The Labute approximate surface area is 164 Å². The number of aryl methyl sites for hydroxylation is 1. The van der Waals surface area contributed by atoms with Gasteiger partial charge in [0.25, 0.3) is 11.5 Å². The summed E-state index contributed by atoms with van der Waals surface area (Å²) in [6.07, 6.45) is 1.97. The normalized spacial score (nSPS) is 14.9. The monoisotopic (exact) mass is 375 g/mol. The number of carbonyl (C=O) groups excluding carboxylic acids is 1. The molecule has 4 rings (SSSR count). The average Bonchev–Trinajstić information content (AvgIpc) is 2.74. The van der Waals surface area contributed by atoms with Crippen molar-refractivity contribution in [1.82, 2.24) is 15.2 Å². The van der Waals surface area contributed by atoms with Crippen LogP contribution in [0.15, 0.2) is 53.3 Å². The smallest absolute Gasteiger partial charge is 0.256 e. The van der Waals surface area contributed by atoms with Crippen LogP contribution >= 0.6 is 0 Å². The Morgan fingerprint density at radius 3 is 2.46 bits per heavy atom. The minimum Gasteiger partial charge on any atom is -0.339 e. The molecule has 3 aromatic rings. The molecule has 1 saturated heterocycles. The van der Waals surface area contributed by atoms with E-state index in [1.54, 1.807) is 0 Å². The number of hydrogen-bond donors (Lipinski definition) is 2. The number of benzene rings is 2. The van der Waals surface area contributed by atoms with Crippen LogP contribution in [0.3, 0.4) is 0 Å². The molecular formula is C23H25N3O2. The summed E-state index contributed by atoms with van der Waals surface area (Å²) in [7, 11) is 1.88. The molecule has 0 saturated carbocycles. The van der Waals surface area contributed by atoms with E-state index in [0.29, 0.717) is 10.9 Å². The number of carbonyl (C=O) groups is 1. The van der Waals surface area contributed by atoms with E-state index in [9.17, 15) is 9.59 Å². The summed E-state index contributed by atoms with van der Waals surface area (Å²) < 4.78 is 0. The van der Waals surface area contributed by atoms with Gasteiger partial charge in [0.1, 0.15) is 0 Å². The van der Waals surface area contributed by atoms with Gasteiger partial charge in [0.15, 0.2) is 0 Å². The van der Waals surface area contributed by atoms with Gasteiger partial charge in [-0.15, -0.1) is 0 Å². The maximum absolute atomic E-state index is 12.8. The third-order valence-electron chi connectivity index (χ3n) is 5.73. The third-order valence-corrected chi connectivity index (χ3v) is 5.73. The van der Waals surface area contributed by atoms with Crippen LogP contribution in [0, 0.1) is 6.92 Å². The van der Waals surface area contributed by atoms with Crippen LogP contribution in [0.25, 0.3) is 22.0 Å². The molecule has 5 nitrogen and oxygen atoms in total. The Morgan fingerprint density at radius 2 is 1.75 bits per heavy atom. The average molecular weight is 375 g/mol. The zero-order valence-electron chi connectivity index (χ0n) is 16.3. The van der Waals surface area contributed by atoms with Crippen LogP contribution in [-0.4, -0.2) is 42.0 Å². The van der Waals surface area contributed by atoms with Crippen LogP contribution in [-0.2, 0) is 0 Å². The molecule has 0 spiro atoms. The van der Waals surface area contributed by atoms with Crippen molar-refractivity contribution in [2.75, 3.05) is 20.1 Å². The molecule has 2 N–H and O–H groups in total. The Bertz CT molecular complexity index is 1060. The first kappa shape index (κ1) is 18.4. The van der Waals surface area contributed by atoms with E-state index in [1.165, 1.54) is 0 Å². The van der Waals surface area contributed by atoms with Gasteiger partial charge in [-0.3, -0.25) is 9.59 Å². The summed E-state index contributed by atoms with van der Waals surface area (Å²) in [5.74, 6) is 0.0429. The topological polar surface area (TPSA) is 65.2 Å². The molecule has 1 aromatic heterocycles. The molecule has 0 bridgehead atoms. The Kier molecular flexibility index (Phi) is 5.01. The van der Waals surface area contributed by atoms with Gasteiger partial charge in [0, 0.05) is 29.7 Å². The number of hydrogen-bond acceptors (Lipinski definition) is 3. The summed E-state index contributed by atoms with van der Waals surface area (Å²) in [6, 6.07) is 15.5. The number of aromatic amines is 1. The lowest BCUT2D eigenvalue weighted by Gasteiger charge is -2.31. The highest BCUT2D eigenvalue weighted by Gasteiger charge is 2.22. The molecular weight excluding hydrogens is 350 g/mol. The number of aromatic nitrogens is 1. The van der Waals surface area contributed by atoms with Crippen molar-refractivity contribution >= 4 is 16.7 Å². The van der Waals surface area contributed by atoms with Crippen LogP contribution in [0.4, 0.5) is 0 Å². The summed E-state index contributed by atoms with van der Waals surface area (Å²) >= 11 is 0. The van der Waals surface area contributed by atoms with Crippen molar-refractivity contribution in [3.63, 3.8) is 0 Å². The van der Waals surface area contributed by atoms with Crippen molar-refractivity contribution < 1.29 is 4.79 Å². The molecule has 0 aliphatic carbocycles. The van der Waals surface area contributed by atoms with Gasteiger partial charge in [0.2, 0.25) is 0 Å². The van der Waals surface area contributed by atoms with E-state index in [-0.39, 0.29) is 17.5 Å². The van der Waals surface area contributed by atoms with E-state index >= 15 is 0 Å². The predicted octanol–water partition coefficient (Wildman–Crippen LogP) is 3.33. The maximum atomic E-state index is 12.8.